The first-order valence-corrected chi connectivity index (χ1v) is 7.46. The van der Waals surface area contributed by atoms with Gasteiger partial charge in [-0.3, -0.25) is 4.79 Å². The number of nitrogens with zero attached hydrogens (tertiary/aromatic N) is 4. The molecule has 1 aliphatic rings. The van der Waals surface area contributed by atoms with E-state index in [9.17, 15) is 4.79 Å². The average Bonchev–Trinajstić information content (AvgIpc) is 2.64. The smallest absolute Gasteiger partial charge is 0.266 e. The van der Waals surface area contributed by atoms with E-state index in [4.69, 9.17) is 5.73 Å². The van der Waals surface area contributed by atoms with Crippen molar-refractivity contribution in [1.29, 1.82) is 0 Å². The van der Waals surface area contributed by atoms with Crippen LogP contribution in [-0.4, -0.2) is 59.1 Å². The highest BCUT2D eigenvalue weighted by molar-refractivity contribution is 7.21. The molecule has 20 heavy (non-hydrogen) atoms. The molecule has 0 unspecified atom stereocenters. The maximum Gasteiger partial charge on any atom is 0.266 e. The molecule has 7 heteroatoms. The van der Waals surface area contributed by atoms with Crippen LogP contribution in [0.2, 0.25) is 0 Å². The lowest BCUT2D eigenvalue weighted by atomic mass is 10.2. The van der Waals surface area contributed by atoms with Gasteiger partial charge >= 0.3 is 0 Å². The van der Waals surface area contributed by atoms with Gasteiger partial charge in [-0.2, -0.15) is 5.10 Å². The van der Waals surface area contributed by atoms with Crippen molar-refractivity contribution in [3.8, 4) is 0 Å². The summed E-state index contributed by atoms with van der Waals surface area (Å²) in [6, 6.07) is 1.81. The molecule has 1 fully saturated rings. The number of carbonyl (C=O) groups is 1. The van der Waals surface area contributed by atoms with Crippen LogP contribution in [0.15, 0.2) is 12.3 Å². The third kappa shape index (κ3) is 2.34. The molecule has 2 aromatic rings. The number of carbonyl (C=O) groups excluding carboxylic acids is 1. The Morgan fingerprint density at radius 2 is 2.20 bits per heavy atom. The van der Waals surface area contributed by atoms with Crippen LogP contribution in [0.25, 0.3) is 10.2 Å². The Hall–Kier alpha value is -1.73. The Kier molecular flexibility index (Phi) is 3.54. The zero-order valence-corrected chi connectivity index (χ0v) is 12.2. The molecule has 0 aromatic carbocycles. The molecule has 0 spiro atoms. The third-order valence-electron chi connectivity index (χ3n) is 3.62. The topological polar surface area (TPSA) is 75.3 Å². The molecular weight excluding hydrogens is 274 g/mol. The van der Waals surface area contributed by atoms with Crippen LogP contribution in [-0.2, 0) is 0 Å². The maximum atomic E-state index is 12.6. The molecule has 0 bridgehead atoms. The van der Waals surface area contributed by atoms with Gasteiger partial charge in [0.05, 0.1) is 11.9 Å². The fraction of sp³-hybridized carbons (Fsp3) is 0.462. The summed E-state index contributed by atoms with van der Waals surface area (Å²) in [5.74, 6) is 0.0146. The summed E-state index contributed by atoms with van der Waals surface area (Å²) in [7, 11) is 2.08. The van der Waals surface area contributed by atoms with Crippen LogP contribution in [0.3, 0.4) is 0 Å². The van der Waals surface area contributed by atoms with Gasteiger partial charge in [0.25, 0.3) is 5.91 Å². The lowest BCUT2D eigenvalue weighted by molar-refractivity contribution is 0.0768. The van der Waals surface area contributed by atoms with Gasteiger partial charge < -0.3 is 15.5 Å². The zero-order chi connectivity index (χ0) is 14.1. The minimum atomic E-state index is 0.0146. The van der Waals surface area contributed by atoms with Gasteiger partial charge in [0.2, 0.25) is 0 Å². The lowest BCUT2D eigenvalue weighted by Gasteiger charge is -2.20. The van der Waals surface area contributed by atoms with Crippen molar-refractivity contribution in [1.82, 2.24) is 20.0 Å². The van der Waals surface area contributed by atoms with Crippen molar-refractivity contribution < 1.29 is 4.79 Å². The van der Waals surface area contributed by atoms with E-state index in [2.05, 4.69) is 22.1 Å². The SMILES string of the molecule is CN1CCCN(C(=O)c2sc3nnccc3c2N)CC1. The number of nitrogens with two attached hydrogens (primary N) is 1. The Labute approximate surface area is 121 Å². The van der Waals surface area contributed by atoms with E-state index in [1.807, 2.05) is 4.90 Å². The molecule has 3 rings (SSSR count). The largest absolute Gasteiger partial charge is 0.397 e. The van der Waals surface area contributed by atoms with E-state index >= 15 is 0 Å². The number of fused-ring (bicyclic) bond motifs is 1. The third-order valence-corrected chi connectivity index (χ3v) is 4.71. The lowest BCUT2D eigenvalue weighted by Crippen LogP contribution is -2.34. The summed E-state index contributed by atoms with van der Waals surface area (Å²) in [5, 5.41) is 8.69. The molecule has 106 valence electrons. The van der Waals surface area contributed by atoms with Crippen LogP contribution in [0.1, 0.15) is 16.1 Å². The Morgan fingerprint density at radius 1 is 1.35 bits per heavy atom. The summed E-state index contributed by atoms with van der Waals surface area (Å²) in [4.78, 5) is 18.1. The van der Waals surface area contributed by atoms with E-state index in [-0.39, 0.29) is 5.91 Å². The Morgan fingerprint density at radius 3 is 3.00 bits per heavy atom. The first kappa shape index (κ1) is 13.3. The number of amides is 1. The van der Waals surface area contributed by atoms with Crippen molar-refractivity contribution >= 4 is 33.1 Å². The number of rotatable bonds is 1. The van der Waals surface area contributed by atoms with Crippen molar-refractivity contribution in [2.75, 3.05) is 39.0 Å². The molecule has 6 nitrogen and oxygen atoms in total. The molecule has 0 aliphatic carbocycles. The summed E-state index contributed by atoms with van der Waals surface area (Å²) in [6.07, 6.45) is 2.59. The fourth-order valence-corrected chi connectivity index (χ4v) is 3.43. The van der Waals surface area contributed by atoms with Crippen molar-refractivity contribution in [3.05, 3.63) is 17.1 Å². The highest BCUT2D eigenvalue weighted by atomic mass is 32.1. The van der Waals surface area contributed by atoms with Gasteiger partial charge in [-0.15, -0.1) is 16.4 Å². The molecule has 0 atom stereocenters. The molecule has 2 aromatic heterocycles. The minimum Gasteiger partial charge on any atom is -0.397 e. The van der Waals surface area contributed by atoms with Gasteiger partial charge in [-0.1, -0.05) is 0 Å². The van der Waals surface area contributed by atoms with Gasteiger partial charge in [-0.25, -0.2) is 0 Å². The number of likely N-dealkylation sites (N-methyl/N-ethyl adjacent to an activating group) is 1. The molecule has 1 amide bonds. The van der Waals surface area contributed by atoms with E-state index in [0.29, 0.717) is 10.6 Å². The molecule has 1 aliphatic heterocycles. The standard InChI is InChI=1S/C13H17N5OS/c1-17-5-2-6-18(8-7-17)13(19)11-10(14)9-3-4-15-16-12(9)20-11/h3-4H,2,5-8,14H2,1H3. The molecule has 3 heterocycles. The number of thiophene rings is 1. The van der Waals surface area contributed by atoms with Crippen LogP contribution in [0.5, 0.6) is 0 Å². The van der Waals surface area contributed by atoms with Crippen molar-refractivity contribution in [3.63, 3.8) is 0 Å². The van der Waals surface area contributed by atoms with E-state index in [1.54, 1.807) is 12.3 Å². The number of nitrogen functional groups attached to an aromatic ring is 1. The van der Waals surface area contributed by atoms with Crippen LogP contribution >= 0.6 is 11.3 Å². The molecule has 1 saturated heterocycles. The van der Waals surface area contributed by atoms with Crippen molar-refractivity contribution in [2.24, 2.45) is 0 Å². The van der Waals surface area contributed by atoms with Gasteiger partial charge in [-0.05, 0) is 26.1 Å². The Balaban J connectivity index is 1.90. The molecule has 0 radical (unpaired) electrons. The number of hydrogen-bond donors (Lipinski definition) is 1. The predicted molar refractivity (Wildman–Crippen MR) is 79.8 cm³/mol. The van der Waals surface area contributed by atoms with Gasteiger partial charge in [0, 0.05) is 25.0 Å². The van der Waals surface area contributed by atoms with E-state index in [0.717, 1.165) is 42.8 Å². The molecule has 2 N–H and O–H groups in total. The highest BCUT2D eigenvalue weighted by Gasteiger charge is 2.24. The van der Waals surface area contributed by atoms with E-state index in [1.165, 1.54) is 11.3 Å². The zero-order valence-electron chi connectivity index (χ0n) is 11.4. The molecular formula is C13H17N5OS. The van der Waals surface area contributed by atoms with E-state index < -0.39 is 0 Å². The highest BCUT2D eigenvalue weighted by Crippen LogP contribution is 2.32. The van der Waals surface area contributed by atoms with Crippen molar-refractivity contribution in [2.45, 2.75) is 6.42 Å². The first-order chi connectivity index (χ1) is 9.66. The van der Waals surface area contributed by atoms with Crippen LogP contribution in [0.4, 0.5) is 5.69 Å². The van der Waals surface area contributed by atoms with Gasteiger partial charge in [0.1, 0.15) is 9.71 Å². The second-order valence-electron chi connectivity index (χ2n) is 5.04. The summed E-state index contributed by atoms with van der Waals surface area (Å²) >= 11 is 1.33. The second-order valence-corrected chi connectivity index (χ2v) is 6.04. The normalized spacial score (nSPS) is 17.4. The summed E-state index contributed by atoms with van der Waals surface area (Å²) < 4.78 is 0. The van der Waals surface area contributed by atoms with Crippen LogP contribution < -0.4 is 5.73 Å². The quantitative estimate of drug-likeness (QED) is 0.850. The monoisotopic (exact) mass is 291 g/mol. The minimum absolute atomic E-state index is 0.0146. The maximum absolute atomic E-state index is 12.6. The predicted octanol–water partition coefficient (Wildman–Crippen LogP) is 1.05. The number of aromatic nitrogens is 2. The van der Waals surface area contributed by atoms with Gasteiger partial charge in [0.15, 0.2) is 0 Å². The average molecular weight is 291 g/mol. The first-order valence-electron chi connectivity index (χ1n) is 6.64. The fourth-order valence-electron chi connectivity index (χ4n) is 2.43. The summed E-state index contributed by atoms with van der Waals surface area (Å²) in [6.45, 7) is 3.45. The molecule has 0 saturated carbocycles. The number of anilines is 1. The van der Waals surface area contributed by atoms with Crippen LogP contribution in [0, 0.1) is 0 Å². The summed E-state index contributed by atoms with van der Waals surface area (Å²) in [5.41, 5.74) is 6.63. The number of hydrogen-bond acceptors (Lipinski definition) is 6. The Bertz CT molecular complexity index is 641. The second kappa shape index (κ2) is 5.34.